The van der Waals surface area contributed by atoms with Crippen LogP contribution >= 0.6 is 46.8 Å². The average molecular weight is 406 g/mol. The third-order valence-corrected chi connectivity index (χ3v) is 3.50. The Kier molecular flexibility index (Phi) is 6.01. The van der Waals surface area contributed by atoms with Gasteiger partial charge >= 0.3 is 10.2 Å². The van der Waals surface area contributed by atoms with Crippen molar-refractivity contribution in [2.45, 2.75) is 10.2 Å². The van der Waals surface area contributed by atoms with E-state index in [0.717, 1.165) is 5.48 Å². The zero-order valence-corrected chi connectivity index (χ0v) is 13.0. The van der Waals surface area contributed by atoms with Crippen LogP contribution in [0.3, 0.4) is 0 Å². The minimum atomic E-state index is -5.32. The molecule has 13 heteroatoms. The van der Waals surface area contributed by atoms with Crippen molar-refractivity contribution in [2.75, 3.05) is 4.31 Å². The van der Waals surface area contributed by atoms with Crippen molar-refractivity contribution < 1.29 is 32.0 Å². The second-order valence-corrected chi connectivity index (χ2v) is 6.73. The highest BCUT2D eigenvalue weighted by Gasteiger charge is 2.45. The fraction of sp³-hybridized carbons (Fsp3) is 0.222. The van der Waals surface area contributed by atoms with Gasteiger partial charge in [0.15, 0.2) is 5.82 Å². The molecule has 0 fully saturated rings. The van der Waals surface area contributed by atoms with Crippen LogP contribution < -0.4 is 9.79 Å². The highest BCUT2D eigenvalue weighted by molar-refractivity contribution is 8.04. The summed E-state index contributed by atoms with van der Waals surface area (Å²) in [6.45, 7) is 0. The molecule has 0 saturated carbocycles. The van der Waals surface area contributed by atoms with Gasteiger partial charge in [0.25, 0.3) is 5.91 Å². The fourth-order valence-corrected chi connectivity index (χ4v) is 2.43. The Balaban J connectivity index is 3.47. The molecule has 1 rings (SSSR count). The molecule has 0 radical (unpaired) electrons. The lowest BCUT2D eigenvalue weighted by atomic mass is 10.2. The molecule has 1 amide bonds. The van der Waals surface area contributed by atoms with Gasteiger partial charge in [-0.25, -0.2) is 14.2 Å². The normalized spacial score (nSPS) is 12.2. The number of nitrogens with zero attached hydrogens (tertiary/aromatic N) is 1. The summed E-state index contributed by atoms with van der Waals surface area (Å²) in [4.78, 5) is 11.2. The summed E-state index contributed by atoms with van der Waals surface area (Å²) in [6, 6.07) is 1.04. The first-order valence-electron chi connectivity index (χ1n) is 4.93. The first-order chi connectivity index (χ1) is 9.86. The Bertz CT molecular complexity index is 582. The van der Waals surface area contributed by atoms with E-state index in [1.165, 1.54) is 0 Å². The molecule has 1 aromatic carbocycles. The number of nitrogens with one attached hydrogen (secondary N) is 1. The third kappa shape index (κ3) is 4.92. The topological polar surface area (TPSA) is 52.6 Å². The number of hydrogen-bond acceptors (Lipinski definition) is 4. The van der Waals surface area contributed by atoms with Crippen LogP contribution in [0.1, 0.15) is 10.4 Å². The molecule has 22 heavy (non-hydrogen) atoms. The van der Waals surface area contributed by atoms with Gasteiger partial charge < -0.3 is 0 Å². The van der Waals surface area contributed by atoms with Crippen molar-refractivity contribution in [3.8, 4) is 0 Å². The lowest BCUT2D eigenvalue weighted by Gasteiger charge is -2.28. The van der Waals surface area contributed by atoms with Crippen LogP contribution in [0.4, 0.5) is 27.6 Å². The largest absolute Gasteiger partial charge is 0.495 e. The summed E-state index contributed by atoms with van der Waals surface area (Å²) in [5.74, 6) is -2.86. The molecule has 4 nitrogen and oxygen atoms in total. The Morgan fingerprint density at radius 2 is 1.82 bits per heavy atom. The molecule has 0 aliphatic rings. The van der Waals surface area contributed by atoms with Gasteiger partial charge in [0.05, 0.1) is 10.7 Å². The van der Waals surface area contributed by atoms with E-state index in [1.54, 1.807) is 0 Å². The van der Waals surface area contributed by atoms with E-state index in [1.807, 2.05) is 0 Å². The predicted molar refractivity (Wildman–Crippen MR) is 72.3 cm³/mol. The Labute approximate surface area is 139 Å². The quantitative estimate of drug-likeness (QED) is 0.191. The molecule has 0 heterocycles. The van der Waals surface area contributed by atoms with Gasteiger partial charge in [-0.15, -0.1) is 13.2 Å². The number of carbonyl (C=O) groups excluding carboxylic acids is 1. The Hall–Kier alpha value is -0.680. The van der Waals surface area contributed by atoms with Crippen molar-refractivity contribution >= 4 is 58.3 Å². The standard InChI is InChI=1S/C9H4Cl3F5N2O2S/c10-4-1-3(7(20)18-21)2-5(6(4)13)19(9(15,16)17)22-8(11,12)14/h1-2,21H,(H,18,20). The highest BCUT2D eigenvalue weighted by Crippen LogP contribution is 2.47. The van der Waals surface area contributed by atoms with Crippen molar-refractivity contribution in [1.82, 2.24) is 5.48 Å². The summed E-state index contributed by atoms with van der Waals surface area (Å²) >= 11 is 14.3. The van der Waals surface area contributed by atoms with Crippen LogP contribution in [0, 0.1) is 5.82 Å². The molecule has 0 aromatic heterocycles. The van der Waals surface area contributed by atoms with E-state index in [9.17, 15) is 26.7 Å². The number of rotatable bonds is 4. The number of anilines is 1. The maximum atomic E-state index is 13.8. The number of amides is 1. The van der Waals surface area contributed by atoms with E-state index >= 15 is 0 Å². The molecule has 0 spiro atoms. The minimum Gasteiger partial charge on any atom is -0.288 e. The predicted octanol–water partition coefficient (Wildman–Crippen LogP) is 4.63. The summed E-state index contributed by atoms with van der Waals surface area (Å²) in [7, 11) is 0. The van der Waals surface area contributed by atoms with E-state index in [2.05, 4.69) is 0 Å². The van der Waals surface area contributed by atoms with Crippen LogP contribution in [-0.4, -0.2) is 21.3 Å². The number of halogens is 8. The fourth-order valence-electron chi connectivity index (χ4n) is 1.26. The first-order valence-corrected chi connectivity index (χ1v) is 6.84. The molecule has 1 aromatic rings. The summed E-state index contributed by atoms with van der Waals surface area (Å²) < 4.78 is 61.4. The van der Waals surface area contributed by atoms with E-state index in [0.29, 0.717) is 12.1 Å². The number of hydroxylamine groups is 1. The van der Waals surface area contributed by atoms with Crippen LogP contribution in [-0.2, 0) is 0 Å². The third-order valence-electron chi connectivity index (χ3n) is 2.02. The van der Waals surface area contributed by atoms with Crippen LogP contribution in [0.2, 0.25) is 5.02 Å². The van der Waals surface area contributed by atoms with Crippen molar-refractivity contribution in [3.63, 3.8) is 0 Å². The van der Waals surface area contributed by atoms with E-state index in [-0.39, 0.29) is 0 Å². The van der Waals surface area contributed by atoms with Gasteiger partial charge in [-0.05, 0) is 12.1 Å². The SMILES string of the molecule is O=C(NO)c1cc(Cl)c(F)c(N(SC(F)(Cl)Cl)C(F)(F)F)c1. The molecule has 124 valence electrons. The Morgan fingerprint density at radius 3 is 2.23 bits per heavy atom. The zero-order valence-electron chi connectivity index (χ0n) is 9.89. The van der Waals surface area contributed by atoms with Crippen molar-refractivity contribution in [2.24, 2.45) is 0 Å². The first kappa shape index (κ1) is 19.4. The molecule has 0 unspecified atom stereocenters. The highest BCUT2D eigenvalue weighted by atomic mass is 35.5. The monoisotopic (exact) mass is 404 g/mol. The number of benzene rings is 1. The smallest absolute Gasteiger partial charge is 0.288 e. The van der Waals surface area contributed by atoms with Gasteiger partial charge in [0.2, 0.25) is 0 Å². The molecule has 0 aliphatic heterocycles. The maximum Gasteiger partial charge on any atom is 0.495 e. The summed E-state index contributed by atoms with van der Waals surface area (Å²) in [5.41, 5.74) is -0.817. The van der Waals surface area contributed by atoms with E-state index in [4.69, 9.17) is 40.0 Å². The molecular weight excluding hydrogens is 402 g/mol. The molecule has 0 saturated heterocycles. The van der Waals surface area contributed by atoms with Crippen LogP contribution in [0.25, 0.3) is 0 Å². The number of carbonyl (C=O) groups is 1. The van der Waals surface area contributed by atoms with Crippen LogP contribution in [0.15, 0.2) is 12.1 Å². The minimum absolute atomic E-state index is 0.382. The second-order valence-electron chi connectivity index (χ2n) is 3.53. The van der Waals surface area contributed by atoms with Gasteiger partial charge in [0, 0.05) is 17.5 Å². The Morgan fingerprint density at radius 1 is 1.27 bits per heavy atom. The molecule has 0 atom stereocenters. The van der Waals surface area contributed by atoms with Crippen molar-refractivity contribution in [3.05, 3.63) is 28.5 Å². The second kappa shape index (κ2) is 6.83. The molecule has 2 N–H and O–H groups in total. The maximum absolute atomic E-state index is 13.8. The number of alkyl halides is 6. The average Bonchev–Trinajstić information content (AvgIpc) is 2.36. The van der Waals surface area contributed by atoms with Gasteiger partial charge in [0.1, 0.15) is 0 Å². The molecular formula is C9H4Cl3F5N2O2S. The van der Waals surface area contributed by atoms with Crippen molar-refractivity contribution in [1.29, 1.82) is 0 Å². The van der Waals surface area contributed by atoms with Crippen LogP contribution in [0.5, 0.6) is 0 Å². The molecule has 0 bridgehead atoms. The summed E-state index contributed by atoms with van der Waals surface area (Å²) in [6.07, 6.45) is -5.32. The van der Waals surface area contributed by atoms with E-state index < -0.39 is 54.5 Å². The zero-order chi connectivity index (χ0) is 17.3. The summed E-state index contributed by atoms with van der Waals surface area (Å²) in [5, 5.41) is 7.57. The lowest BCUT2D eigenvalue weighted by molar-refractivity contribution is -0.114. The van der Waals surface area contributed by atoms with Gasteiger partial charge in [-0.2, -0.15) is 4.39 Å². The number of hydrogen-bond donors (Lipinski definition) is 2. The van der Waals surface area contributed by atoms with Gasteiger partial charge in [-0.3, -0.25) is 10.0 Å². The molecule has 0 aliphatic carbocycles. The van der Waals surface area contributed by atoms with Gasteiger partial charge in [-0.1, -0.05) is 34.8 Å². The lowest BCUT2D eigenvalue weighted by Crippen LogP contribution is -2.35.